The molecule has 0 aliphatic heterocycles. The van der Waals surface area contributed by atoms with E-state index in [0.29, 0.717) is 5.17 Å². The first-order valence-corrected chi connectivity index (χ1v) is 4.13. The number of methoxy groups -OCH3 is 1. The Morgan fingerprint density at radius 3 is 2.90 bits per heavy atom. The van der Waals surface area contributed by atoms with Crippen molar-refractivity contribution in [3.05, 3.63) is 0 Å². The van der Waals surface area contributed by atoms with Crippen molar-refractivity contribution in [2.75, 3.05) is 26.5 Å². The first-order valence-electron chi connectivity index (χ1n) is 3.15. The van der Waals surface area contributed by atoms with Crippen LogP contribution in [0.1, 0.15) is 6.42 Å². The van der Waals surface area contributed by atoms with E-state index in [9.17, 15) is 0 Å². The molecular formula is C6H14N2OS. The second kappa shape index (κ2) is 6.89. The summed E-state index contributed by atoms with van der Waals surface area (Å²) in [5.41, 5.74) is 5.43. The highest BCUT2D eigenvalue weighted by molar-refractivity contribution is 8.13. The predicted molar refractivity (Wildman–Crippen MR) is 46.5 cm³/mol. The van der Waals surface area contributed by atoms with Crippen molar-refractivity contribution < 1.29 is 4.74 Å². The van der Waals surface area contributed by atoms with Gasteiger partial charge in [-0.15, -0.1) is 0 Å². The normalized spacial score (nSPS) is 12.0. The van der Waals surface area contributed by atoms with Gasteiger partial charge in [-0.2, -0.15) is 0 Å². The van der Waals surface area contributed by atoms with Crippen LogP contribution in [-0.4, -0.2) is 31.7 Å². The molecule has 0 saturated carbocycles. The molecular weight excluding hydrogens is 148 g/mol. The zero-order chi connectivity index (χ0) is 7.82. The predicted octanol–water partition coefficient (Wildman–Crippen LogP) is 0.701. The minimum Gasteiger partial charge on any atom is -0.385 e. The van der Waals surface area contributed by atoms with Crippen LogP contribution in [-0.2, 0) is 4.74 Å². The third-order valence-corrected chi connectivity index (χ3v) is 1.93. The largest absolute Gasteiger partial charge is 0.385 e. The van der Waals surface area contributed by atoms with Gasteiger partial charge in [0.15, 0.2) is 5.17 Å². The first kappa shape index (κ1) is 9.78. The summed E-state index contributed by atoms with van der Waals surface area (Å²) in [5.74, 6) is 0.983. The van der Waals surface area contributed by atoms with Crippen LogP contribution in [0.15, 0.2) is 4.99 Å². The van der Waals surface area contributed by atoms with E-state index in [1.54, 1.807) is 25.9 Å². The smallest absolute Gasteiger partial charge is 0.153 e. The van der Waals surface area contributed by atoms with E-state index in [2.05, 4.69) is 4.99 Å². The average Bonchev–Trinajstić information content (AvgIpc) is 1.98. The van der Waals surface area contributed by atoms with Crippen molar-refractivity contribution in [1.82, 2.24) is 0 Å². The summed E-state index contributed by atoms with van der Waals surface area (Å²) in [6.07, 6.45) is 1.03. The number of amidine groups is 1. The molecule has 2 N–H and O–H groups in total. The average molecular weight is 162 g/mol. The third-order valence-electron chi connectivity index (χ3n) is 0.963. The SMILES string of the molecule is CN=C(N)SCCCOC. The molecule has 0 amide bonds. The molecule has 0 atom stereocenters. The number of nitrogens with two attached hydrogens (primary N) is 1. The molecule has 0 unspecified atom stereocenters. The van der Waals surface area contributed by atoms with Gasteiger partial charge in [0, 0.05) is 26.5 Å². The maximum Gasteiger partial charge on any atom is 0.153 e. The zero-order valence-electron chi connectivity index (χ0n) is 6.46. The summed E-state index contributed by atoms with van der Waals surface area (Å²) in [6, 6.07) is 0. The minimum absolute atomic E-state index is 0.649. The Bertz CT molecular complexity index is 106. The molecule has 0 bridgehead atoms. The highest BCUT2D eigenvalue weighted by Gasteiger charge is 1.90. The fourth-order valence-electron chi connectivity index (χ4n) is 0.445. The number of ether oxygens (including phenoxy) is 1. The number of hydrogen-bond acceptors (Lipinski definition) is 3. The molecule has 0 radical (unpaired) electrons. The van der Waals surface area contributed by atoms with Crippen LogP contribution < -0.4 is 5.73 Å². The maximum absolute atomic E-state index is 5.43. The van der Waals surface area contributed by atoms with Crippen LogP contribution in [0.5, 0.6) is 0 Å². The van der Waals surface area contributed by atoms with Gasteiger partial charge < -0.3 is 10.5 Å². The fourth-order valence-corrected chi connectivity index (χ4v) is 1.04. The minimum atomic E-state index is 0.649. The van der Waals surface area contributed by atoms with E-state index in [1.807, 2.05) is 0 Å². The van der Waals surface area contributed by atoms with Gasteiger partial charge in [0.2, 0.25) is 0 Å². The number of nitrogens with zero attached hydrogens (tertiary/aromatic N) is 1. The Kier molecular flexibility index (Phi) is 6.74. The van der Waals surface area contributed by atoms with E-state index in [4.69, 9.17) is 10.5 Å². The molecule has 0 aliphatic rings. The lowest BCUT2D eigenvalue weighted by molar-refractivity contribution is 0.200. The van der Waals surface area contributed by atoms with Gasteiger partial charge in [-0.05, 0) is 6.42 Å². The Hall–Kier alpha value is -0.220. The van der Waals surface area contributed by atoms with Crippen molar-refractivity contribution in [3.63, 3.8) is 0 Å². The van der Waals surface area contributed by atoms with Gasteiger partial charge in [-0.25, -0.2) is 0 Å². The van der Waals surface area contributed by atoms with Crippen LogP contribution >= 0.6 is 11.8 Å². The fraction of sp³-hybridized carbons (Fsp3) is 0.833. The van der Waals surface area contributed by atoms with Crippen LogP contribution in [0.4, 0.5) is 0 Å². The lowest BCUT2D eigenvalue weighted by Gasteiger charge is -1.98. The number of aliphatic imine (C=N–C) groups is 1. The molecule has 0 heterocycles. The van der Waals surface area contributed by atoms with Crippen LogP contribution in [0.3, 0.4) is 0 Å². The molecule has 60 valence electrons. The van der Waals surface area contributed by atoms with Gasteiger partial charge in [0.1, 0.15) is 0 Å². The highest BCUT2D eigenvalue weighted by atomic mass is 32.2. The summed E-state index contributed by atoms with van der Waals surface area (Å²) in [6.45, 7) is 0.796. The molecule has 0 aromatic heterocycles. The molecule has 0 rings (SSSR count). The second-order valence-electron chi connectivity index (χ2n) is 1.76. The maximum atomic E-state index is 5.43. The van der Waals surface area contributed by atoms with Gasteiger partial charge >= 0.3 is 0 Å². The number of rotatable bonds is 4. The summed E-state index contributed by atoms with van der Waals surface area (Å²) in [7, 11) is 3.39. The second-order valence-corrected chi connectivity index (χ2v) is 2.87. The molecule has 0 aromatic carbocycles. The van der Waals surface area contributed by atoms with Crippen molar-refractivity contribution >= 4 is 16.9 Å². The Morgan fingerprint density at radius 2 is 2.40 bits per heavy atom. The van der Waals surface area contributed by atoms with Crippen molar-refractivity contribution in [2.45, 2.75) is 6.42 Å². The summed E-state index contributed by atoms with van der Waals surface area (Å²) in [5, 5.41) is 0.649. The molecule has 0 aliphatic carbocycles. The lowest BCUT2D eigenvalue weighted by Crippen LogP contribution is -2.07. The third kappa shape index (κ3) is 5.91. The van der Waals surface area contributed by atoms with Gasteiger partial charge in [0.05, 0.1) is 0 Å². The molecule has 0 saturated heterocycles. The van der Waals surface area contributed by atoms with Gasteiger partial charge in [-0.1, -0.05) is 11.8 Å². The van der Waals surface area contributed by atoms with E-state index in [1.165, 1.54) is 0 Å². The topological polar surface area (TPSA) is 47.6 Å². The van der Waals surface area contributed by atoms with E-state index >= 15 is 0 Å². The van der Waals surface area contributed by atoms with Gasteiger partial charge in [-0.3, -0.25) is 4.99 Å². The first-order chi connectivity index (χ1) is 4.81. The summed E-state index contributed by atoms with van der Waals surface area (Å²) >= 11 is 1.56. The van der Waals surface area contributed by atoms with Gasteiger partial charge in [0.25, 0.3) is 0 Å². The van der Waals surface area contributed by atoms with Crippen LogP contribution in [0, 0.1) is 0 Å². The number of hydrogen-bond donors (Lipinski definition) is 1. The quantitative estimate of drug-likeness (QED) is 0.376. The molecule has 3 nitrogen and oxygen atoms in total. The molecule has 0 fully saturated rings. The molecule has 0 aromatic rings. The van der Waals surface area contributed by atoms with E-state index < -0.39 is 0 Å². The lowest BCUT2D eigenvalue weighted by atomic mass is 10.5. The summed E-state index contributed by atoms with van der Waals surface area (Å²) < 4.78 is 4.86. The zero-order valence-corrected chi connectivity index (χ0v) is 7.28. The molecule has 4 heteroatoms. The van der Waals surface area contributed by atoms with Crippen molar-refractivity contribution in [2.24, 2.45) is 10.7 Å². The Balaban J connectivity index is 3.04. The molecule has 0 spiro atoms. The van der Waals surface area contributed by atoms with E-state index in [-0.39, 0.29) is 0 Å². The highest BCUT2D eigenvalue weighted by Crippen LogP contribution is 2.01. The standard InChI is InChI=1S/C6H14N2OS/c1-8-6(7)10-5-3-4-9-2/h3-5H2,1-2H3,(H2,7,8). The van der Waals surface area contributed by atoms with Crippen LogP contribution in [0.2, 0.25) is 0 Å². The van der Waals surface area contributed by atoms with Crippen molar-refractivity contribution in [1.29, 1.82) is 0 Å². The summed E-state index contributed by atoms with van der Waals surface area (Å²) in [4.78, 5) is 3.80. The Morgan fingerprint density at radius 1 is 1.70 bits per heavy atom. The van der Waals surface area contributed by atoms with Crippen molar-refractivity contribution in [3.8, 4) is 0 Å². The van der Waals surface area contributed by atoms with Crippen LogP contribution in [0.25, 0.3) is 0 Å². The Labute approximate surface area is 66.0 Å². The van der Waals surface area contributed by atoms with E-state index in [0.717, 1.165) is 18.8 Å². The number of thioether (sulfide) groups is 1. The molecule has 10 heavy (non-hydrogen) atoms. The monoisotopic (exact) mass is 162 g/mol.